The van der Waals surface area contributed by atoms with Crippen LogP contribution in [0.15, 0.2) is 0 Å². The van der Waals surface area contributed by atoms with E-state index < -0.39 is 12.1 Å². The van der Waals surface area contributed by atoms with Crippen LogP contribution in [-0.2, 0) is 14.3 Å². The first kappa shape index (κ1) is 14.2. The monoisotopic (exact) mass is 236 g/mol. The zero-order chi connectivity index (χ0) is 10.7. The molecule has 15 heavy (non-hydrogen) atoms. The Bertz CT molecular complexity index is 246. The number of likely N-dealkylation sites (tertiary alicyclic amines) is 1. The Morgan fingerprint density at radius 1 is 1.53 bits per heavy atom. The van der Waals surface area contributed by atoms with Gasteiger partial charge in [-0.25, -0.2) is 4.79 Å². The van der Waals surface area contributed by atoms with Gasteiger partial charge in [0.15, 0.2) is 0 Å². The maximum absolute atomic E-state index is 11.6. The molecule has 2 N–H and O–H groups in total. The zero-order valence-electron chi connectivity index (χ0n) is 8.93. The first-order chi connectivity index (χ1) is 6.57. The van der Waals surface area contributed by atoms with Gasteiger partial charge in [-0.15, -0.1) is 12.4 Å². The molecule has 0 spiro atoms. The number of hydrogen-bond donors (Lipinski definition) is 1. The van der Waals surface area contributed by atoms with Crippen molar-refractivity contribution in [1.29, 1.82) is 0 Å². The first-order valence-electron chi connectivity index (χ1n) is 4.71. The number of carbonyl (C=O) groups excluding carboxylic acids is 2. The van der Waals surface area contributed by atoms with Crippen molar-refractivity contribution in [2.45, 2.75) is 31.8 Å². The lowest BCUT2D eigenvalue weighted by molar-refractivity contribution is -0.151. The molecule has 0 unspecified atom stereocenters. The molecule has 1 heterocycles. The maximum atomic E-state index is 11.6. The fourth-order valence-corrected chi connectivity index (χ4v) is 1.67. The van der Waals surface area contributed by atoms with Gasteiger partial charge in [-0.05, 0) is 19.8 Å². The molecule has 1 saturated heterocycles. The van der Waals surface area contributed by atoms with Gasteiger partial charge in [-0.3, -0.25) is 4.79 Å². The van der Waals surface area contributed by atoms with Crippen LogP contribution in [0.25, 0.3) is 0 Å². The molecular formula is C9H17ClN2O3. The Morgan fingerprint density at radius 3 is 2.60 bits per heavy atom. The molecule has 0 saturated carbocycles. The fraction of sp³-hybridized carbons (Fsp3) is 0.778. The molecular weight excluding hydrogens is 220 g/mol. The van der Waals surface area contributed by atoms with Gasteiger partial charge in [-0.1, -0.05) is 0 Å². The van der Waals surface area contributed by atoms with Crippen molar-refractivity contribution in [3.05, 3.63) is 0 Å². The molecule has 88 valence electrons. The first-order valence-corrected chi connectivity index (χ1v) is 4.71. The Kier molecular flexibility index (Phi) is 5.60. The van der Waals surface area contributed by atoms with Crippen molar-refractivity contribution in [1.82, 2.24) is 4.90 Å². The van der Waals surface area contributed by atoms with Crippen LogP contribution in [0.2, 0.25) is 0 Å². The van der Waals surface area contributed by atoms with E-state index >= 15 is 0 Å². The SMILES string of the molecule is COC(=O)[C@H]1CCCN1C(=O)[C@@H](C)N.Cl. The van der Waals surface area contributed by atoms with E-state index in [2.05, 4.69) is 4.74 Å². The molecule has 1 amide bonds. The van der Waals surface area contributed by atoms with E-state index in [9.17, 15) is 9.59 Å². The van der Waals surface area contributed by atoms with Crippen LogP contribution in [0, 0.1) is 0 Å². The highest BCUT2D eigenvalue weighted by molar-refractivity contribution is 5.87. The minimum absolute atomic E-state index is 0. The van der Waals surface area contributed by atoms with E-state index in [1.807, 2.05) is 0 Å². The number of esters is 1. The number of nitrogens with two attached hydrogens (primary N) is 1. The second-order valence-electron chi connectivity index (χ2n) is 3.50. The molecule has 0 aromatic heterocycles. The number of hydrogen-bond acceptors (Lipinski definition) is 4. The highest BCUT2D eigenvalue weighted by Gasteiger charge is 2.35. The van der Waals surface area contributed by atoms with Gasteiger partial charge < -0.3 is 15.4 Å². The minimum Gasteiger partial charge on any atom is -0.467 e. The molecule has 1 fully saturated rings. The Labute approximate surface area is 95.3 Å². The van der Waals surface area contributed by atoms with Gasteiger partial charge in [0.05, 0.1) is 13.2 Å². The molecule has 0 aromatic rings. The number of methoxy groups -OCH3 is 1. The van der Waals surface area contributed by atoms with Crippen molar-refractivity contribution in [2.24, 2.45) is 5.73 Å². The molecule has 5 nitrogen and oxygen atoms in total. The topological polar surface area (TPSA) is 72.6 Å². The van der Waals surface area contributed by atoms with Crippen LogP contribution in [0.5, 0.6) is 0 Å². The van der Waals surface area contributed by atoms with Crippen molar-refractivity contribution in [3.8, 4) is 0 Å². The van der Waals surface area contributed by atoms with E-state index in [1.165, 1.54) is 12.0 Å². The predicted octanol–water partition coefficient (Wildman–Crippen LogP) is -0.0806. The summed E-state index contributed by atoms with van der Waals surface area (Å²) in [6, 6.07) is -0.987. The van der Waals surface area contributed by atoms with Crippen LogP contribution < -0.4 is 5.73 Å². The van der Waals surface area contributed by atoms with Crippen molar-refractivity contribution in [3.63, 3.8) is 0 Å². The van der Waals surface area contributed by atoms with Gasteiger partial charge >= 0.3 is 5.97 Å². The summed E-state index contributed by atoms with van der Waals surface area (Å²) in [4.78, 5) is 24.4. The smallest absolute Gasteiger partial charge is 0.328 e. The number of halogens is 1. The predicted molar refractivity (Wildman–Crippen MR) is 57.6 cm³/mol. The Morgan fingerprint density at radius 2 is 2.13 bits per heavy atom. The van der Waals surface area contributed by atoms with Crippen LogP contribution in [0.3, 0.4) is 0 Å². The van der Waals surface area contributed by atoms with Gasteiger partial charge in [0, 0.05) is 6.54 Å². The molecule has 6 heteroatoms. The third-order valence-electron chi connectivity index (χ3n) is 2.40. The number of amides is 1. The van der Waals surface area contributed by atoms with Crippen molar-refractivity contribution < 1.29 is 14.3 Å². The summed E-state index contributed by atoms with van der Waals surface area (Å²) in [5, 5.41) is 0. The van der Waals surface area contributed by atoms with E-state index in [-0.39, 0.29) is 24.3 Å². The summed E-state index contributed by atoms with van der Waals surface area (Å²) in [5.41, 5.74) is 5.48. The van der Waals surface area contributed by atoms with E-state index in [0.717, 1.165) is 6.42 Å². The summed E-state index contributed by atoms with van der Waals surface area (Å²) in [5.74, 6) is -0.533. The average molecular weight is 237 g/mol. The van der Waals surface area contributed by atoms with Gasteiger partial charge in [0.1, 0.15) is 6.04 Å². The third-order valence-corrected chi connectivity index (χ3v) is 2.40. The number of nitrogens with zero attached hydrogens (tertiary/aromatic N) is 1. The second kappa shape index (κ2) is 5.92. The quantitative estimate of drug-likeness (QED) is 0.681. The minimum atomic E-state index is -0.555. The van der Waals surface area contributed by atoms with Gasteiger partial charge in [-0.2, -0.15) is 0 Å². The maximum Gasteiger partial charge on any atom is 0.328 e. The second-order valence-corrected chi connectivity index (χ2v) is 3.50. The lowest BCUT2D eigenvalue weighted by Crippen LogP contribution is -2.47. The molecule has 1 aliphatic rings. The average Bonchev–Trinajstić information content (AvgIpc) is 2.63. The summed E-state index contributed by atoms with van der Waals surface area (Å²) in [6.07, 6.45) is 1.50. The standard InChI is InChI=1S/C9H16N2O3.ClH/c1-6(10)8(12)11-5-3-4-7(11)9(13)14-2;/h6-7H,3-5,10H2,1-2H3;1H/t6-,7-;/m1./s1. The summed E-state index contributed by atoms with van der Waals surface area (Å²) in [6.45, 7) is 2.22. The zero-order valence-corrected chi connectivity index (χ0v) is 9.75. The lowest BCUT2D eigenvalue weighted by atomic mass is 10.2. The molecule has 1 aliphatic heterocycles. The fourth-order valence-electron chi connectivity index (χ4n) is 1.67. The summed E-state index contributed by atoms with van der Waals surface area (Å²) >= 11 is 0. The van der Waals surface area contributed by atoms with Crippen LogP contribution in [0.4, 0.5) is 0 Å². The number of carbonyl (C=O) groups is 2. The van der Waals surface area contributed by atoms with E-state index in [0.29, 0.717) is 13.0 Å². The molecule has 2 atom stereocenters. The summed E-state index contributed by atoms with van der Waals surface area (Å²) in [7, 11) is 1.33. The lowest BCUT2D eigenvalue weighted by Gasteiger charge is -2.24. The highest BCUT2D eigenvalue weighted by Crippen LogP contribution is 2.18. The van der Waals surface area contributed by atoms with E-state index in [4.69, 9.17) is 5.73 Å². The Hall–Kier alpha value is -0.810. The van der Waals surface area contributed by atoms with E-state index in [1.54, 1.807) is 6.92 Å². The van der Waals surface area contributed by atoms with Gasteiger partial charge in [0.2, 0.25) is 5.91 Å². The normalized spacial score (nSPS) is 21.8. The van der Waals surface area contributed by atoms with Crippen LogP contribution >= 0.6 is 12.4 Å². The molecule has 0 aliphatic carbocycles. The highest BCUT2D eigenvalue weighted by atomic mass is 35.5. The van der Waals surface area contributed by atoms with Crippen molar-refractivity contribution >= 4 is 24.3 Å². The van der Waals surface area contributed by atoms with Crippen LogP contribution in [0.1, 0.15) is 19.8 Å². The molecule has 0 aromatic carbocycles. The van der Waals surface area contributed by atoms with Crippen LogP contribution in [-0.4, -0.2) is 42.5 Å². The molecule has 1 rings (SSSR count). The van der Waals surface area contributed by atoms with Gasteiger partial charge in [0.25, 0.3) is 0 Å². The van der Waals surface area contributed by atoms with Crippen molar-refractivity contribution in [2.75, 3.05) is 13.7 Å². The number of rotatable bonds is 2. The molecule has 0 bridgehead atoms. The number of ether oxygens (including phenoxy) is 1. The largest absolute Gasteiger partial charge is 0.467 e. The summed E-state index contributed by atoms with van der Waals surface area (Å²) < 4.78 is 4.62. The third kappa shape index (κ3) is 3.07. The molecule has 0 radical (unpaired) electrons. The Balaban J connectivity index is 0.00000196.